The first kappa shape index (κ1) is 23.5. The Kier molecular flexibility index (Phi) is 5.67. The maximum absolute atomic E-state index is 13.7. The highest BCUT2D eigenvalue weighted by Crippen LogP contribution is 2.37. The molecule has 5 heterocycles. The van der Waals surface area contributed by atoms with Crippen LogP contribution < -0.4 is 10.6 Å². The second-order valence-electron chi connectivity index (χ2n) is 9.80. The van der Waals surface area contributed by atoms with Gasteiger partial charge in [-0.2, -0.15) is 0 Å². The summed E-state index contributed by atoms with van der Waals surface area (Å²) in [5, 5.41) is 17.4. The Morgan fingerprint density at radius 3 is 2.92 bits per heavy atom. The van der Waals surface area contributed by atoms with Crippen LogP contribution in [0.2, 0.25) is 0 Å². The Labute approximate surface area is 212 Å². The van der Waals surface area contributed by atoms with Crippen molar-refractivity contribution in [1.29, 1.82) is 0 Å². The van der Waals surface area contributed by atoms with Crippen LogP contribution in [0.1, 0.15) is 33.6 Å². The summed E-state index contributed by atoms with van der Waals surface area (Å²) < 4.78 is 20.9. The van der Waals surface area contributed by atoms with Gasteiger partial charge in [-0.3, -0.25) is 9.20 Å². The van der Waals surface area contributed by atoms with Crippen molar-refractivity contribution in [2.75, 3.05) is 32.6 Å². The minimum absolute atomic E-state index is 0.179. The van der Waals surface area contributed by atoms with Crippen molar-refractivity contribution < 1.29 is 19.0 Å². The highest BCUT2D eigenvalue weighted by Gasteiger charge is 2.37. The number of halogens is 1. The van der Waals surface area contributed by atoms with Crippen LogP contribution in [0.25, 0.3) is 16.9 Å². The van der Waals surface area contributed by atoms with Gasteiger partial charge in [0.1, 0.15) is 22.9 Å². The van der Waals surface area contributed by atoms with Gasteiger partial charge in [0.05, 0.1) is 35.4 Å². The molecule has 1 amide bonds. The predicted octanol–water partition coefficient (Wildman–Crippen LogP) is 3.19. The number of aromatic nitrogens is 3. The van der Waals surface area contributed by atoms with E-state index < -0.39 is 5.60 Å². The number of carbonyl (C=O) groups is 1. The summed E-state index contributed by atoms with van der Waals surface area (Å²) in [4.78, 5) is 24.0. The Morgan fingerprint density at radius 1 is 1.27 bits per heavy atom. The Hall–Kier alpha value is -3.86. The Balaban J connectivity index is 1.39. The zero-order chi connectivity index (χ0) is 25.7. The lowest BCUT2D eigenvalue weighted by atomic mass is 9.91. The van der Waals surface area contributed by atoms with Crippen molar-refractivity contribution in [2.45, 2.75) is 25.1 Å². The molecular weight excluding hydrogens is 475 g/mol. The van der Waals surface area contributed by atoms with Crippen molar-refractivity contribution in [2.24, 2.45) is 0 Å². The average Bonchev–Trinajstić information content (AvgIpc) is 3.58. The van der Waals surface area contributed by atoms with Crippen molar-refractivity contribution >= 4 is 23.1 Å². The Bertz CT molecular complexity index is 1530. The number of nitrogens with zero attached hydrogens (tertiary/aromatic N) is 4. The van der Waals surface area contributed by atoms with Crippen LogP contribution in [0.3, 0.4) is 0 Å². The second kappa shape index (κ2) is 8.91. The van der Waals surface area contributed by atoms with E-state index in [1.807, 2.05) is 43.3 Å². The van der Waals surface area contributed by atoms with Crippen LogP contribution in [-0.2, 0) is 23.4 Å². The van der Waals surface area contributed by atoms with E-state index in [0.29, 0.717) is 48.8 Å². The summed E-state index contributed by atoms with van der Waals surface area (Å²) >= 11 is 0. The van der Waals surface area contributed by atoms with Crippen LogP contribution >= 0.6 is 0 Å². The molecule has 190 valence electrons. The lowest BCUT2D eigenvalue weighted by Crippen LogP contribution is -2.29. The van der Waals surface area contributed by atoms with Crippen LogP contribution in [0, 0.1) is 5.82 Å². The summed E-state index contributed by atoms with van der Waals surface area (Å²) in [7, 11) is 3.90. The number of amides is 1. The molecule has 37 heavy (non-hydrogen) atoms. The molecule has 3 N–H and O–H groups in total. The standard InChI is InChI=1S/C27H27FN6O3/c1-33(2)14-21-19(27(36)8-10-37-15-27)4-6-23(32-21)31-20-5-3-17(18-12-30-26(35)25(18)20)22-13-29-24-11-16(28)7-9-34(22)24/h3-7,9,11,13,36H,8,10,12,14-15H2,1-2H3,(H,30,35)(H,31,32)/t27-/m1/s1. The molecule has 0 radical (unpaired) electrons. The molecule has 1 saturated heterocycles. The van der Waals surface area contributed by atoms with Gasteiger partial charge in [0.2, 0.25) is 0 Å². The maximum atomic E-state index is 13.7. The molecule has 0 saturated carbocycles. The summed E-state index contributed by atoms with van der Waals surface area (Å²) in [6, 6.07) is 10.2. The molecule has 0 bridgehead atoms. The summed E-state index contributed by atoms with van der Waals surface area (Å²) in [6.45, 7) is 1.66. The van der Waals surface area contributed by atoms with Gasteiger partial charge in [0.15, 0.2) is 0 Å². The Morgan fingerprint density at radius 2 is 2.14 bits per heavy atom. The normalized spacial score (nSPS) is 19.0. The molecule has 2 aliphatic heterocycles. The van der Waals surface area contributed by atoms with Crippen LogP contribution in [0.5, 0.6) is 0 Å². The largest absolute Gasteiger partial charge is 0.383 e. The van der Waals surface area contributed by atoms with Crippen LogP contribution in [0.4, 0.5) is 15.9 Å². The zero-order valence-corrected chi connectivity index (χ0v) is 20.6. The number of aliphatic hydroxyl groups is 1. The van der Waals surface area contributed by atoms with Crippen molar-refractivity contribution in [3.8, 4) is 11.3 Å². The number of fused-ring (bicyclic) bond motifs is 2. The van der Waals surface area contributed by atoms with Gasteiger partial charge in [-0.15, -0.1) is 0 Å². The summed E-state index contributed by atoms with van der Waals surface area (Å²) in [6.07, 6.45) is 3.84. The van der Waals surface area contributed by atoms with Gasteiger partial charge in [-0.05, 0) is 37.9 Å². The summed E-state index contributed by atoms with van der Waals surface area (Å²) in [5.41, 5.74) is 4.57. The number of hydrogen-bond donors (Lipinski definition) is 3. The van der Waals surface area contributed by atoms with Gasteiger partial charge in [-0.1, -0.05) is 12.1 Å². The molecule has 2 aliphatic rings. The van der Waals surface area contributed by atoms with E-state index in [2.05, 4.69) is 15.6 Å². The van der Waals surface area contributed by atoms with E-state index in [4.69, 9.17) is 9.72 Å². The van der Waals surface area contributed by atoms with E-state index in [9.17, 15) is 14.3 Å². The zero-order valence-electron chi connectivity index (χ0n) is 20.6. The number of ether oxygens (including phenoxy) is 1. The quantitative estimate of drug-likeness (QED) is 0.372. The molecule has 0 unspecified atom stereocenters. The SMILES string of the molecule is CN(C)Cc1nc(Nc2ccc(-c3cnc4cc(F)ccn34)c3c2C(=O)NC3)ccc1[C@@]1(O)CCOC1. The molecule has 3 aromatic heterocycles. The van der Waals surface area contributed by atoms with E-state index in [1.54, 1.807) is 16.8 Å². The monoisotopic (exact) mass is 502 g/mol. The molecule has 4 aromatic rings. The van der Waals surface area contributed by atoms with Gasteiger partial charge in [0.25, 0.3) is 5.91 Å². The third kappa shape index (κ3) is 4.12. The number of pyridine rings is 2. The van der Waals surface area contributed by atoms with Gasteiger partial charge < -0.3 is 25.4 Å². The molecule has 1 atom stereocenters. The lowest BCUT2D eigenvalue weighted by Gasteiger charge is -2.25. The first-order valence-corrected chi connectivity index (χ1v) is 12.1. The third-order valence-corrected chi connectivity index (χ3v) is 6.92. The number of benzene rings is 1. The second-order valence-corrected chi connectivity index (χ2v) is 9.80. The first-order chi connectivity index (χ1) is 17.8. The van der Waals surface area contributed by atoms with Gasteiger partial charge in [0, 0.05) is 49.5 Å². The topological polar surface area (TPSA) is 104 Å². The fourth-order valence-corrected chi connectivity index (χ4v) is 5.17. The molecular formula is C27H27FN6O3. The van der Waals surface area contributed by atoms with Crippen LogP contribution in [0.15, 0.2) is 48.8 Å². The molecule has 10 heteroatoms. The molecule has 6 rings (SSSR count). The number of imidazole rings is 1. The van der Waals surface area contributed by atoms with E-state index >= 15 is 0 Å². The molecule has 0 aliphatic carbocycles. The van der Waals surface area contributed by atoms with E-state index in [-0.39, 0.29) is 18.3 Å². The molecule has 1 aromatic carbocycles. The highest BCUT2D eigenvalue weighted by atomic mass is 19.1. The van der Waals surface area contributed by atoms with Crippen molar-refractivity contribution in [1.82, 2.24) is 24.6 Å². The first-order valence-electron chi connectivity index (χ1n) is 12.1. The van der Waals surface area contributed by atoms with E-state index in [0.717, 1.165) is 28.1 Å². The number of hydrogen-bond acceptors (Lipinski definition) is 7. The third-order valence-electron chi connectivity index (χ3n) is 6.92. The fourth-order valence-electron chi connectivity index (χ4n) is 5.17. The van der Waals surface area contributed by atoms with Gasteiger partial charge in [-0.25, -0.2) is 14.4 Å². The summed E-state index contributed by atoms with van der Waals surface area (Å²) in [5.74, 6) is 0.0378. The van der Waals surface area contributed by atoms with Crippen molar-refractivity contribution in [3.63, 3.8) is 0 Å². The van der Waals surface area contributed by atoms with Gasteiger partial charge >= 0.3 is 0 Å². The minimum atomic E-state index is -1.06. The van der Waals surface area contributed by atoms with Crippen LogP contribution in [-0.4, -0.2) is 57.6 Å². The molecule has 1 fully saturated rings. The fraction of sp³-hybridized carbons (Fsp3) is 0.296. The number of anilines is 2. The average molecular weight is 503 g/mol. The number of nitrogens with one attached hydrogen (secondary N) is 2. The molecule has 9 nitrogen and oxygen atoms in total. The van der Waals surface area contributed by atoms with E-state index in [1.165, 1.54) is 12.1 Å². The lowest BCUT2D eigenvalue weighted by molar-refractivity contribution is 0.0217. The highest BCUT2D eigenvalue weighted by molar-refractivity contribution is 6.06. The number of carbonyl (C=O) groups excluding carboxylic acids is 1. The smallest absolute Gasteiger partial charge is 0.254 e. The minimum Gasteiger partial charge on any atom is -0.383 e. The number of rotatable bonds is 6. The van der Waals surface area contributed by atoms with Crippen molar-refractivity contribution in [3.05, 3.63) is 77.0 Å². The maximum Gasteiger partial charge on any atom is 0.254 e. The molecule has 0 spiro atoms. The predicted molar refractivity (Wildman–Crippen MR) is 136 cm³/mol.